The largest absolute Gasteiger partial charge is 0.507 e. The van der Waals surface area contributed by atoms with Crippen LogP contribution in [0.1, 0.15) is 24.5 Å². The quantitative estimate of drug-likeness (QED) is 0.390. The van der Waals surface area contributed by atoms with Gasteiger partial charge in [0, 0.05) is 33.7 Å². The molecule has 0 spiro atoms. The maximum atomic E-state index is 12.6. The summed E-state index contributed by atoms with van der Waals surface area (Å²) in [5.74, 6) is 1.01. The molecule has 2 bridgehead atoms. The van der Waals surface area contributed by atoms with Gasteiger partial charge in [-0.2, -0.15) is 0 Å². The van der Waals surface area contributed by atoms with Gasteiger partial charge in [-0.1, -0.05) is 36.9 Å². The zero-order valence-electron chi connectivity index (χ0n) is 20.6. The molecule has 37 heavy (non-hydrogen) atoms. The molecule has 188 valence electrons. The lowest BCUT2D eigenvalue weighted by Crippen LogP contribution is -2.58. The van der Waals surface area contributed by atoms with Crippen molar-refractivity contribution in [1.82, 2.24) is 20.1 Å². The number of aromatic amines is 1. The number of carbonyl (C=O) groups excluding carboxylic acids is 1. The summed E-state index contributed by atoms with van der Waals surface area (Å²) in [6, 6.07) is 17.0. The highest BCUT2D eigenvalue weighted by Gasteiger charge is 2.42. The summed E-state index contributed by atoms with van der Waals surface area (Å²) < 4.78 is 11.6. The summed E-state index contributed by atoms with van der Waals surface area (Å²) in [5.41, 5.74) is 4.88. The first kappa shape index (κ1) is 23.2. The van der Waals surface area contributed by atoms with Crippen molar-refractivity contribution in [2.24, 2.45) is 0 Å². The van der Waals surface area contributed by atoms with Gasteiger partial charge in [0.25, 0.3) is 0 Å². The Morgan fingerprint density at radius 1 is 1.11 bits per heavy atom. The van der Waals surface area contributed by atoms with E-state index in [4.69, 9.17) is 9.47 Å². The van der Waals surface area contributed by atoms with Gasteiger partial charge in [-0.25, -0.2) is 0 Å². The number of rotatable bonds is 5. The zero-order valence-corrected chi connectivity index (χ0v) is 20.6. The smallest absolute Gasteiger partial charge is 0.246 e. The summed E-state index contributed by atoms with van der Waals surface area (Å²) >= 11 is 0. The Bertz CT molecular complexity index is 1480. The number of hydrogen-bond acceptors (Lipinski definition) is 6. The van der Waals surface area contributed by atoms with Crippen molar-refractivity contribution in [3.05, 3.63) is 72.9 Å². The van der Waals surface area contributed by atoms with Crippen molar-refractivity contribution < 1.29 is 19.4 Å². The standard InChI is InChI=1S/C29H28N4O4/c1-3-26(35)33-18-12-17(13-19(33)16-37-15-18)28-27(21-9-5-7-11-25(21)36-2)22-14-23(31-32-29(22)30-28)20-8-4-6-10-24(20)34/h3-11,14,17-19,34H,1,12-13,15-16H2,2H3,(H,30,32)/t17?,18-,19?/m1/s1. The van der Waals surface area contributed by atoms with Gasteiger partial charge < -0.3 is 24.5 Å². The lowest BCUT2D eigenvalue weighted by Gasteiger charge is -2.48. The average Bonchev–Trinajstić information content (AvgIpc) is 3.30. The van der Waals surface area contributed by atoms with Crippen LogP contribution in [0.15, 0.2) is 67.3 Å². The number of nitrogens with zero attached hydrogens (tertiary/aromatic N) is 3. The molecule has 8 nitrogen and oxygen atoms in total. The molecule has 8 heteroatoms. The number of aromatic nitrogens is 3. The van der Waals surface area contributed by atoms with Gasteiger partial charge in [0.15, 0.2) is 5.65 Å². The van der Waals surface area contributed by atoms with Gasteiger partial charge >= 0.3 is 0 Å². The molecule has 0 saturated carbocycles. The SMILES string of the molecule is C=CC(=O)N1C2COC[C@H]1CC(c1[nH]c3nnc(-c4ccccc4O)cc3c1-c1ccccc1OC)C2. The van der Waals surface area contributed by atoms with Crippen LogP contribution in [-0.4, -0.2) is 63.5 Å². The summed E-state index contributed by atoms with van der Waals surface area (Å²) in [5, 5.41) is 20.3. The number of hydrogen-bond donors (Lipinski definition) is 2. The van der Waals surface area contributed by atoms with Crippen LogP contribution < -0.4 is 4.74 Å². The maximum Gasteiger partial charge on any atom is 0.246 e. The Hall–Kier alpha value is -4.17. The van der Waals surface area contributed by atoms with E-state index in [1.807, 2.05) is 47.4 Å². The second-order valence-electron chi connectivity index (χ2n) is 9.59. The minimum absolute atomic E-state index is 0.0251. The average molecular weight is 497 g/mol. The third kappa shape index (κ3) is 3.94. The number of piperidine rings is 1. The molecule has 2 N–H and O–H groups in total. The molecule has 6 rings (SSSR count). The predicted octanol–water partition coefficient (Wildman–Crippen LogP) is 4.67. The summed E-state index contributed by atoms with van der Waals surface area (Å²) in [6.07, 6.45) is 2.90. The number of ether oxygens (including phenoxy) is 2. The predicted molar refractivity (Wildman–Crippen MR) is 140 cm³/mol. The van der Waals surface area contributed by atoms with E-state index in [0.717, 1.165) is 40.8 Å². The summed E-state index contributed by atoms with van der Waals surface area (Å²) in [6.45, 7) is 4.71. The van der Waals surface area contributed by atoms with E-state index < -0.39 is 0 Å². The number of amides is 1. The van der Waals surface area contributed by atoms with Gasteiger partial charge in [0.1, 0.15) is 11.5 Å². The van der Waals surface area contributed by atoms with Crippen LogP contribution in [0.3, 0.4) is 0 Å². The monoisotopic (exact) mass is 496 g/mol. The van der Waals surface area contributed by atoms with Crippen molar-refractivity contribution in [2.45, 2.75) is 30.8 Å². The zero-order chi connectivity index (χ0) is 25.5. The second kappa shape index (κ2) is 9.37. The fourth-order valence-electron chi connectivity index (χ4n) is 5.90. The Labute approximate surface area is 214 Å². The Morgan fingerprint density at radius 2 is 1.81 bits per heavy atom. The van der Waals surface area contributed by atoms with Crippen LogP contribution in [-0.2, 0) is 9.53 Å². The summed E-state index contributed by atoms with van der Waals surface area (Å²) in [4.78, 5) is 18.1. The molecule has 2 saturated heterocycles. The minimum Gasteiger partial charge on any atom is -0.507 e. The molecule has 0 aliphatic carbocycles. The van der Waals surface area contributed by atoms with Gasteiger partial charge in [-0.3, -0.25) is 4.79 Å². The number of nitrogens with one attached hydrogen (secondary N) is 1. The minimum atomic E-state index is -0.0449. The molecule has 2 unspecified atom stereocenters. The van der Waals surface area contributed by atoms with E-state index in [1.54, 1.807) is 19.2 Å². The van der Waals surface area contributed by atoms with Gasteiger partial charge in [0.05, 0.1) is 38.1 Å². The highest BCUT2D eigenvalue weighted by Crippen LogP contribution is 2.46. The van der Waals surface area contributed by atoms with E-state index in [1.165, 1.54) is 6.08 Å². The Morgan fingerprint density at radius 3 is 2.51 bits per heavy atom. The number of fused-ring (bicyclic) bond motifs is 3. The molecule has 0 radical (unpaired) electrons. The molecule has 2 aliphatic rings. The fourth-order valence-corrected chi connectivity index (χ4v) is 5.90. The number of benzene rings is 2. The van der Waals surface area contributed by atoms with E-state index in [9.17, 15) is 9.90 Å². The first-order chi connectivity index (χ1) is 18.1. The van der Waals surface area contributed by atoms with Crippen molar-refractivity contribution >= 4 is 16.9 Å². The molecule has 3 atom stereocenters. The number of phenolic OH excluding ortho intramolecular Hbond substituents is 1. The number of morpholine rings is 1. The van der Waals surface area contributed by atoms with Gasteiger partial charge in [-0.05, 0) is 43.2 Å². The Kier molecular flexibility index (Phi) is 5.88. The van der Waals surface area contributed by atoms with Crippen molar-refractivity contribution in [3.63, 3.8) is 0 Å². The van der Waals surface area contributed by atoms with E-state index in [2.05, 4.69) is 21.8 Å². The highest BCUT2D eigenvalue weighted by atomic mass is 16.5. The number of aromatic hydroxyl groups is 1. The molecule has 2 aromatic carbocycles. The van der Waals surface area contributed by atoms with Crippen molar-refractivity contribution in [1.29, 1.82) is 0 Å². The first-order valence-corrected chi connectivity index (χ1v) is 12.4. The van der Waals surface area contributed by atoms with Crippen molar-refractivity contribution in [3.8, 4) is 33.9 Å². The van der Waals surface area contributed by atoms with Gasteiger partial charge in [-0.15, -0.1) is 10.2 Å². The fraction of sp³-hybridized carbons (Fsp3) is 0.276. The van der Waals surface area contributed by atoms with Gasteiger partial charge in [0.2, 0.25) is 5.91 Å². The number of para-hydroxylation sites is 2. The molecule has 2 fully saturated rings. The van der Waals surface area contributed by atoms with Crippen LogP contribution in [0.2, 0.25) is 0 Å². The molecular formula is C29H28N4O4. The molecule has 1 amide bonds. The van der Waals surface area contributed by atoms with Crippen LogP contribution >= 0.6 is 0 Å². The number of carbonyl (C=O) groups is 1. The van der Waals surface area contributed by atoms with E-state index in [-0.39, 0.29) is 29.7 Å². The topological polar surface area (TPSA) is 101 Å². The second-order valence-corrected chi connectivity index (χ2v) is 9.59. The molecular weight excluding hydrogens is 468 g/mol. The third-order valence-electron chi connectivity index (χ3n) is 7.50. The molecule has 2 aliphatic heterocycles. The Balaban J connectivity index is 1.52. The number of H-pyrrole nitrogens is 1. The van der Waals surface area contributed by atoms with Crippen LogP contribution in [0.25, 0.3) is 33.4 Å². The van der Waals surface area contributed by atoms with E-state index >= 15 is 0 Å². The number of phenols is 1. The maximum absolute atomic E-state index is 12.6. The molecule has 2 aromatic heterocycles. The van der Waals surface area contributed by atoms with E-state index in [0.29, 0.717) is 30.1 Å². The van der Waals surface area contributed by atoms with Crippen LogP contribution in [0.5, 0.6) is 11.5 Å². The van der Waals surface area contributed by atoms with Crippen LogP contribution in [0.4, 0.5) is 0 Å². The van der Waals surface area contributed by atoms with Crippen molar-refractivity contribution in [2.75, 3.05) is 20.3 Å². The summed E-state index contributed by atoms with van der Waals surface area (Å²) in [7, 11) is 1.67. The normalized spacial score (nSPS) is 21.1. The first-order valence-electron chi connectivity index (χ1n) is 12.4. The third-order valence-corrected chi connectivity index (χ3v) is 7.50. The highest BCUT2D eigenvalue weighted by molar-refractivity contribution is 5.99. The number of methoxy groups -OCH3 is 1. The lowest BCUT2D eigenvalue weighted by atomic mass is 9.80. The molecule has 4 aromatic rings. The van der Waals surface area contributed by atoms with Crippen LogP contribution in [0, 0.1) is 0 Å². The lowest BCUT2D eigenvalue weighted by molar-refractivity contribution is -0.146. The molecule has 4 heterocycles.